The first-order valence-corrected chi connectivity index (χ1v) is 13.5. The summed E-state index contributed by atoms with van der Waals surface area (Å²) >= 11 is 6.26. The molecule has 41 heavy (non-hydrogen) atoms. The van der Waals surface area contributed by atoms with Gasteiger partial charge in [0, 0.05) is 47.8 Å². The Labute approximate surface area is 241 Å². The molecule has 2 aliphatic rings. The molecule has 3 N–H and O–H groups in total. The fourth-order valence-electron chi connectivity index (χ4n) is 5.36. The summed E-state index contributed by atoms with van der Waals surface area (Å²) in [5.41, 5.74) is 1.76. The van der Waals surface area contributed by atoms with Crippen molar-refractivity contribution in [2.75, 3.05) is 30.4 Å². The fraction of sp³-hybridized carbons (Fsp3) is 0.267. The minimum Gasteiger partial charge on any atom is -0.465 e. The summed E-state index contributed by atoms with van der Waals surface area (Å²) in [5.74, 6) is -1.18. The predicted octanol–water partition coefficient (Wildman–Crippen LogP) is 5.05. The monoisotopic (exact) mass is 576 g/mol. The zero-order valence-electron chi connectivity index (χ0n) is 22.5. The lowest BCUT2D eigenvalue weighted by Gasteiger charge is -2.36. The van der Waals surface area contributed by atoms with Gasteiger partial charge in [0.2, 0.25) is 5.91 Å². The largest absolute Gasteiger partial charge is 0.465 e. The second kappa shape index (κ2) is 11.1. The highest BCUT2D eigenvalue weighted by molar-refractivity contribution is 6.30. The van der Waals surface area contributed by atoms with Crippen molar-refractivity contribution < 1.29 is 29.0 Å². The first-order valence-electron chi connectivity index (χ1n) is 13.1. The quantitative estimate of drug-likeness (QED) is 0.377. The van der Waals surface area contributed by atoms with E-state index in [2.05, 4.69) is 10.6 Å². The number of halogens is 1. The molecule has 11 heteroatoms. The topological polar surface area (TPSA) is 128 Å². The minimum absolute atomic E-state index is 0.108. The average Bonchev–Trinajstić information content (AvgIpc) is 3.39. The van der Waals surface area contributed by atoms with Crippen LogP contribution in [0, 0.1) is 0 Å². The van der Waals surface area contributed by atoms with E-state index in [1.165, 1.54) is 31.3 Å². The normalized spacial score (nSPS) is 19.0. The molecule has 3 aromatic carbocycles. The number of carbonyl (C=O) groups excluding carboxylic acids is 3. The molecule has 1 spiro atoms. The van der Waals surface area contributed by atoms with Gasteiger partial charge >= 0.3 is 12.2 Å². The van der Waals surface area contributed by atoms with Gasteiger partial charge in [0.1, 0.15) is 6.04 Å². The highest BCUT2D eigenvalue weighted by Crippen LogP contribution is 2.44. The maximum absolute atomic E-state index is 14.1. The molecule has 0 saturated carbocycles. The number of anilines is 2. The molecular weight excluding hydrogens is 548 g/mol. The lowest BCUT2D eigenvalue weighted by atomic mass is 9.89. The summed E-state index contributed by atoms with van der Waals surface area (Å²) in [6.45, 7) is 2.29. The number of rotatable bonds is 6. The van der Waals surface area contributed by atoms with Gasteiger partial charge in [0.15, 0.2) is 5.60 Å². The Hall–Kier alpha value is -4.57. The summed E-state index contributed by atoms with van der Waals surface area (Å²) in [4.78, 5) is 53.8. The lowest BCUT2D eigenvalue weighted by Crippen LogP contribution is -2.51. The Morgan fingerprint density at radius 2 is 1.80 bits per heavy atom. The second-order valence-corrected chi connectivity index (χ2v) is 10.7. The van der Waals surface area contributed by atoms with Crippen LogP contribution >= 0.6 is 11.6 Å². The van der Waals surface area contributed by atoms with Gasteiger partial charge < -0.3 is 20.1 Å². The average molecular weight is 577 g/mol. The zero-order valence-corrected chi connectivity index (χ0v) is 23.2. The van der Waals surface area contributed by atoms with E-state index in [0.29, 0.717) is 34.9 Å². The Balaban J connectivity index is 1.41. The van der Waals surface area contributed by atoms with Gasteiger partial charge in [-0.25, -0.2) is 9.59 Å². The molecule has 3 aromatic rings. The Morgan fingerprint density at radius 3 is 2.49 bits per heavy atom. The number of amides is 4. The van der Waals surface area contributed by atoms with Crippen molar-refractivity contribution in [3.63, 3.8) is 0 Å². The van der Waals surface area contributed by atoms with Crippen LogP contribution in [-0.2, 0) is 15.1 Å². The Kier molecular flexibility index (Phi) is 7.59. The van der Waals surface area contributed by atoms with E-state index < -0.39 is 29.7 Å². The number of benzene rings is 3. The number of ether oxygens (including phenoxy) is 1. The number of carboxylic acid groups (broad SMARTS) is 1. The van der Waals surface area contributed by atoms with E-state index in [4.69, 9.17) is 16.3 Å². The number of fused-ring (bicyclic) bond motifs is 2. The third kappa shape index (κ3) is 5.55. The minimum atomic E-state index is -1.13. The van der Waals surface area contributed by atoms with Crippen molar-refractivity contribution >= 4 is 47.0 Å². The van der Waals surface area contributed by atoms with Crippen LogP contribution in [0.2, 0.25) is 5.02 Å². The van der Waals surface area contributed by atoms with Crippen molar-refractivity contribution in [1.82, 2.24) is 10.2 Å². The van der Waals surface area contributed by atoms with Gasteiger partial charge in [-0.05, 0) is 48.0 Å². The summed E-state index contributed by atoms with van der Waals surface area (Å²) in [5, 5.41) is 15.3. The molecule has 212 valence electrons. The van der Waals surface area contributed by atoms with Crippen LogP contribution in [0.5, 0.6) is 0 Å². The van der Waals surface area contributed by atoms with Crippen LogP contribution in [0.3, 0.4) is 0 Å². The van der Waals surface area contributed by atoms with Gasteiger partial charge in [-0.1, -0.05) is 48.9 Å². The van der Waals surface area contributed by atoms with E-state index in [0.717, 1.165) is 10.5 Å². The Bertz CT molecular complexity index is 1500. The van der Waals surface area contributed by atoms with Crippen LogP contribution in [0.25, 0.3) is 0 Å². The van der Waals surface area contributed by atoms with Gasteiger partial charge in [-0.3, -0.25) is 19.8 Å². The summed E-state index contributed by atoms with van der Waals surface area (Å²) in [6.07, 6.45) is -1.36. The van der Waals surface area contributed by atoms with E-state index in [9.17, 15) is 24.3 Å². The van der Waals surface area contributed by atoms with Gasteiger partial charge in [0.25, 0.3) is 5.91 Å². The predicted molar refractivity (Wildman–Crippen MR) is 153 cm³/mol. The molecule has 0 aromatic heterocycles. The van der Waals surface area contributed by atoms with Crippen molar-refractivity contribution in [1.29, 1.82) is 0 Å². The molecular formula is C30H29ClN4O6. The SMILES string of the molecule is C[C@H](c1ccccc1)[C@H](NC(=O)c1ccc(N(C)C(=O)O)cc1)C(=O)N1CCC2(C1)OC(=O)Nc1ccc(Cl)cc12. The number of nitrogens with one attached hydrogen (secondary N) is 2. The molecule has 0 aliphatic carbocycles. The third-order valence-electron chi connectivity index (χ3n) is 7.72. The molecule has 1 unspecified atom stereocenters. The summed E-state index contributed by atoms with van der Waals surface area (Å²) < 4.78 is 5.78. The highest BCUT2D eigenvalue weighted by Gasteiger charge is 2.50. The smallest absolute Gasteiger partial charge is 0.412 e. The molecule has 2 aliphatic heterocycles. The molecule has 10 nitrogen and oxygen atoms in total. The summed E-state index contributed by atoms with van der Waals surface area (Å²) in [6, 6.07) is 19.7. The molecule has 1 fully saturated rings. The molecule has 5 rings (SSSR count). The van der Waals surface area contributed by atoms with E-state index in [1.54, 1.807) is 23.1 Å². The number of likely N-dealkylation sites (tertiary alicyclic amines) is 1. The van der Waals surface area contributed by atoms with Crippen molar-refractivity contribution in [3.05, 3.63) is 94.5 Å². The summed E-state index contributed by atoms with van der Waals surface area (Å²) in [7, 11) is 1.41. The molecule has 0 bridgehead atoms. The number of nitrogens with zero attached hydrogens (tertiary/aromatic N) is 2. The van der Waals surface area contributed by atoms with Crippen molar-refractivity contribution in [3.8, 4) is 0 Å². The highest BCUT2D eigenvalue weighted by atomic mass is 35.5. The van der Waals surface area contributed by atoms with E-state index >= 15 is 0 Å². The fourth-order valence-corrected chi connectivity index (χ4v) is 5.53. The van der Waals surface area contributed by atoms with Gasteiger partial charge in [0.05, 0.1) is 12.2 Å². The van der Waals surface area contributed by atoms with Crippen LogP contribution in [0.4, 0.5) is 21.0 Å². The van der Waals surface area contributed by atoms with Crippen molar-refractivity contribution in [2.45, 2.75) is 30.9 Å². The molecule has 1 saturated heterocycles. The molecule has 3 atom stereocenters. The van der Waals surface area contributed by atoms with Crippen LogP contribution in [-0.4, -0.2) is 60.2 Å². The molecule has 0 radical (unpaired) electrons. The molecule has 2 heterocycles. The van der Waals surface area contributed by atoms with E-state index in [-0.39, 0.29) is 23.9 Å². The van der Waals surface area contributed by atoms with Gasteiger partial charge in [-0.15, -0.1) is 0 Å². The van der Waals surface area contributed by atoms with E-state index in [1.807, 2.05) is 37.3 Å². The standard InChI is InChI=1S/C30H29ClN4O6/c1-18(19-6-4-3-5-7-19)25(33-26(36)20-8-11-22(12-9-20)34(2)29(39)40)27(37)35-15-14-30(17-35)23-16-21(31)10-13-24(23)32-28(38)41-30/h3-13,16,18,25H,14-15,17H2,1-2H3,(H,32,38)(H,33,36)(H,39,40)/t18-,25+,30?/m1/s1. The Morgan fingerprint density at radius 1 is 1.10 bits per heavy atom. The molecule has 4 amide bonds. The van der Waals surface area contributed by atoms with Crippen molar-refractivity contribution in [2.24, 2.45) is 0 Å². The third-order valence-corrected chi connectivity index (χ3v) is 7.96. The van der Waals surface area contributed by atoms with Crippen LogP contribution in [0.15, 0.2) is 72.8 Å². The number of carbonyl (C=O) groups is 4. The van der Waals surface area contributed by atoms with Crippen LogP contribution in [0.1, 0.15) is 40.7 Å². The first-order chi connectivity index (χ1) is 19.6. The number of hydrogen-bond donors (Lipinski definition) is 3. The first kappa shape index (κ1) is 28.0. The zero-order chi connectivity index (χ0) is 29.3. The van der Waals surface area contributed by atoms with Gasteiger partial charge in [-0.2, -0.15) is 0 Å². The number of hydrogen-bond acceptors (Lipinski definition) is 5. The van der Waals surface area contributed by atoms with Crippen LogP contribution < -0.4 is 15.5 Å². The maximum Gasteiger partial charge on any atom is 0.412 e. The lowest BCUT2D eigenvalue weighted by molar-refractivity contribution is -0.133. The second-order valence-electron chi connectivity index (χ2n) is 10.2. The maximum atomic E-state index is 14.1.